The summed E-state index contributed by atoms with van der Waals surface area (Å²) in [7, 11) is 6.21. The average molecular weight is 507 g/mol. The second kappa shape index (κ2) is 11.8. The van der Waals surface area contributed by atoms with Crippen molar-refractivity contribution in [3.63, 3.8) is 0 Å². The van der Waals surface area contributed by atoms with Crippen LogP contribution in [-0.2, 0) is 9.59 Å². The summed E-state index contributed by atoms with van der Waals surface area (Å²) < 4.78 is 5.92. The van der Waals surface area contributed by atoms with Crippen LogP contribution in [0.4, 0.5) is 11.5 Å². The van der Waals surface area contributed by atoms with Gasteiger partial charge in [0.2, 0.25) is 0 Å². The molecule has 0 unspecified atom stereocenters. The number of aryl methyl sites for hydroxylation is 1. The molecule has 0 aromatic carbocycles. The van der Waals surface area contributed by atoms with Crippen LogP contribution in [-0.4, -0.2) is 92.3 Å². The van der Waals surface area contributed by atoms with Crippen LogP contribution in [0.3, 0.4) is 0 Å². The number of hydrogen-bond donors (Lipinski definition) is 3. The van der Waals surface area contributed by atoms with Crippen molar-refractivity contribution in [3.8, 4) is 0 Å². The minimum absolute atomic E-state index is 0.171. The van der Waals surface area contributed by atoms with E-state index in [1.807, 2.05) is 12.3 Å². The number of rotatable bonds is 10. The number of likely N-dealkylation sites (N-methyl/N-ethyl adjacent to an activating group) is 1. The number of aromatic nitrogens is 1. The minimum Gasteiger partial charge on any atom is -0.363 e. The predicted octanol–water partition coefficient (Wildman–Crippen LogP) is 2.45. The molecule has 10 nitrogen and oxygen atoms in total. The highest BCUT2D eigenvalue weighted by atomic mass is 32.1. The molecule has 11 heteroatoms. The summed E-state index contributed by atoms with van der Waals surface area (Å²) in [5.41, 5.74) is 1.41. The maximum Gasteiger partial charge on any atom is 0.280 e. The number of nitrogens with one attached hydrogen (secondary N) is 3. The Hall–Kier alpha value is -2.76. The molecule has 0 radical (unpaired) electrons. The second-order valence-corrected chi connectivity index (χ2v) is 11.3. The molecule has 0 atom stereocenters. The first-order valence-electron chi connectivity index (χ1n) is 12.1. The van der Waals surface area contributed by atoms with E-state index in [-0.39, 0.29) is 30.8 Å². The van der Waals surface area contributed by atoms with Crippen molar-refractivity contribution in [2.75, 3.05) is 71.0 Å². The Bertz CT molecular complexity index is 1000. The van der Waals surface area contributed by atoms with E-state index in [0.29, 0.717) is 27.4 Å². The molecule has 1 fully saturated rings. The van der Waals surface area contributed by atoms with Gasteiger partial charge in [0.05, 0.1) is 53.0 Å². The third-order valence-corrected chi connectivity index (χ3v) is 7.29. The van der Waals surface area contributed by atoms with Gasteiger partial charge in [-0.3, -0.25) is 14.4 Å². The van der Waals surface area contributed by atoms with Gasteiger partial charge < -0.3 is 29.4 Å². The standard InChI is InChI=1S/C24H36N6O4S/c1-18-17-35-23(24(33)25-10-13-29(2,3)4)22(18)27-21(32)16-30(11-7-5-6-8-12-30)15-20(31)26-19-9-14-34-28-19/h9,14,17H,5-8,10-13,15-16H2,1-4H3,(H-2,25,26,27,28,31,32,33)/p+2. The highest BCUT2D eigenvalue weighted by Crippen LogP contribution is 2.28. The van der Waals surface area contributed by atoms with Gasteiger partial charge in [0.25, 0.3) is 17.7 Å². The van der Waals surface area contributed by atoms with Crippen molar-refractivity contribution in [2.24, 2.45) is 0 Å². The number of quaternary nitrogens is 2. The van der Waals surface area contributed by atoms with Crippen LogP contribution in [0, 0.1) is 6.92 Å². The van der Waals surface area contributed by atoms with Gasteiger partial charge >= 0.3 is 0 Å². The topological polar surface area (TPSA) is 113 Å². The zero-order valence-electron chi connectivity index (χ0n) is 21.2. The fourth-order valence-corrected chi connectivity index (χ4v) is 5.25. The first-order valence-corrected chi connectivity index (χ1v) is 13.0. The van der Waals surface area contributed by atoms with Crippen LogP contribution in [0.25, 0.3) is 0 Å². The molecule has 3 heterocycles. The van der Waals surface area contributed by atoms with Crippen molar-refractivity contribution in [1.82, 2.24) is 10.5 Å². The predicted molar refractivity (Wildman–Crippen MR) is 136 cm³/mol. The number of likely N-dealkylation sites (tertiary alicyclic amines) is 1. The first-order chi connectivity index (χ1) is 16.6. The van der Waals surface area contributed by atoms with Crippen molar-refractivity contribution in [3.05, 3.63) is 28.2 Å². The largest absolute Gasteiger partial charge is 0.363 e. The summed E-state index contributed by atoms with van der Waals surface area (Å²) >= 11 is 1.33. The number of thiophene rings is 1. The zero-order chi connectivity index (χ0) is 25.5. The van der Waals surface area contributed by atoms with Crippen molar-refractivity contribution >= 4 is 40.6 Å². The number of anilines is 2. The highest BCUT2D eigenvalue weighted by molar-refractivity contribution is 7.13. The summed E-state index contributed by atoms with van der Waals surface area (Å²) in [5, 5.41) is 14.3. The SMILES string of the molecule is Cc1csc(C(=O)NCC[N+](C)(C)C)c1NC(=O)C[N+]1(CC(=O)Nc2ccon2)CCCCCC1. The van der Waals surface area contributed by atoms with Gasteiger partial charge in [-0.25, -0.2) is 0 Å². The van der Waals surface area contributed by atoms with E-state index in [2.05, 4.69) is 42.3 Å². The molecule has 0 bridgehead atoms. The number of amides is 3. The van der Waals surface area contributed by atoms with Crippen LogP contribution in [0.5, 0.6) is 0 Å². The lowest BCUT2D eigenvalue weighted by Gasteiger charge is -2.36. The fraction of sp³-hybridized carbons (Fsp3) is 0.583. The molecular weight excluding hydrogens is 468 g/mol. The van der Waals surface area contributed by atoms with Gasteiger partial charge in [-0.15, -0.1) is 11.3 Å². The molecule has 0 aliphatic carbocycles. The molecule has 2 aromatic rings. The maximum atomic E-state index is 13.3. The van der Waals surface area contributed by atoms with Crippen LogP contribution >= 0.6 is 11.3 Å². The summed E-state index contributed by atoms with van der Waals surface area (Å²) in [5.74, 6) is -0.208. The number of carbonyl (C=O) groups is 3. The normalized spacial score (nSPS) is 15.8. The molecule has 0 saturated carbocycles. The Morgan fingerprint density at radius 3 is 2.31 bits per heavy atom. The van der Waals surface area contributed by atoms with Crippen molar-refractivity contribution < 1.29 is 27.9 Å². The summed E-state index contributed by atoms with van der Waals surface area (Å²) in [6.45, 7) is 5.09. The van der Waals surface area contributed by atoms with Crippen molar-refractivity contribution in [1.29, 1.82) is 0 Å². The Kier molecular flexibility index (Phi) is 9.03. The van der Waals surface area contributed by atoms with Crippen LogP contribution in [0.15, 0.2) is 22.2 Å². The van der Waals surface area contributed by atoms with E-state index in [4.69, 9.17) is 4.52 Å². The number of carbonyl (C=O) groups excluding carboxylic acids is 3. The van der Waals surface area contributed by atoms with Gasteiger partial charge in [0.1, 0.15) is 11.1 Å². The lowest BCUT2D eigenvalue weighted by molar-refractivity contribution is -0.912. The monoisotopic (exact) mass is 506 g/mol. The molecule has 3 N–H and O–H groups in total. The third-order valence-electron chi connectivity index (χ3n) is 6.19. The van der Waals surface area contributed by atoms with Crippen LogP contribution in [0.2, 0.25) is 0 Å². The quantitative estimate of drug-likeness (QED) is 0.429. The molecular formula is C24H38N6O4S+2. The van der Waals surface area contributed by atoms with Crippen LogP contribution in [0.1, 0.15) is 40.9 Å². The van der Waals surface area contributed by atoms with Gasteiger partial charge in [0.15, 0.2) is 18.9 Å². The van der Waals surface area contributed by atoms with E-state index in [9.17, 15) is 14.4 Å². The second-order valence-electron chi connectivity index (χ2n) is 10.4. The lowest BCUT2D eigenvalue weighted by Crippen LogP contribution is -2.56. The lowest BCUT2D eigenvalue weighted by atomic mass is 10.2. The molecule has 192 valence electrons. The molecule has 0 spiro atoms. The Morgan fingerprint density at radius 1 is 1.06 bits per heavy atom. The van der Waals surface area contributed by atoms with Crippen molar-refractivity contribution in [2.45, 2.75) is 32.6 Å². The molecule has 1 aliphatic heterocycles. The van der Waals surface area contributed by atoms with Gasteiger partial charge in [-0.1, -0.05) is 5.16 Å². The Balaban J connectivity index is 1.67. The smallest absolute Gasteiger partial charge is 0.280 e. The molecule has 35 heavy (non-hydrogen) atoms. The van der Waals surface area contributed by atoms with E-state index in [0.717, 1.165) is 55.4 Å². The third kappa shape index (κ3) is 8.15. The minimum atomic E-state index is -0.197. The van der Waals surface area contributed by atoms with E-state index >= 15 is 0 Å². The van der Waals surface area contributed by atoms with Crippen LogP contribution < -0.4 is 16.0 Å². The van der Waals surface area contributed by atoms with E-state index in [1.54, 1.807) is 6.07 Å². The summed E-state index contributed by atoms with van der Waals surface area (Å²) in [6, 6.07) is 1.59. The average Bonchev–Trinajstić information content (AvgIpc) is 3.33. The van der Waals surface area contributed by atoms with Gasteiger partial charge in [-0.2, -0.15) is 0 Å². The molecule has 3 rings (SSSR count). The summed E-state index contributed by atoms with van der Waals surface area (Å²) in [4.78, 5) is 39.3. The number of nitrogens with zero attached hydrogens (tertiary/aromatic N) is 3. The fourth-order valence-electron chi connectivity index (χ4n) is 4.33. The molecule has 3 amide bonds. The number of hydrogen-bond acceptors (Lipinski definition) is 6. The molecule has 1 saturated heterocycles. The van der Waals surface area contributed by atoms with Gasteiger partial charge in [-0.05, 0) is 43.6 Å². The Morgan fingerprint density at radius 2 is 1.71 bits per heavy atom. The zero-order valence-corrected chi connectivity index (χ0v) is 22.0. The molecule has 1 aliphatic rings. The van der Waals surface area contributed by atoms with Gasteiger partial charge in [0, 0.05) is 6.07 Å². The van der Waals surface area contributed by atoms with E-state index < -0.39 is 0 Å². The Labute approximate surface area is 210 Å². The summed E-state index contributed by atoms with van der Waals surface area (Å²) in [6.07, 6.45) is 5.50. The first kappa shape index (κ1) is 26.8. The maximum absolute atomic E-state index is 13.3. The highest BCUT2D eigenvalue weighted by Gasteiger charge is 2.35. The molecule has 2 aromatic heterocycles. The van der Waals surface area contributed by atoms with E-state index in [1.165, 1.54) is 17.6 Å².